The first-order valence-electron chi connectivity index (χ1n) is 6.21. The maximum Gasteiger partial charge on any atom is 0.344 e. The number of ether oxygens (including phenoxy) is 2. The molecule has 0 fully saturated rings. The third kappa shape index (κ3) is 5.40. The van der Waals surface area contributed by atoms with Crippen molar-refractivity contribution in [3.63, 3.8) is 0 Å². The van der Waals surface area contributed by atoms with E-state index in [2.05, 4.69) is 5.32 Å². The van der Waals surface area contributed by atoms with E-state index in [9.17, 15) is 9.59 Å². The molecule has 6 heteroatoms. The number of esters is 1. The van der Waals surface area contributed by atoms with Crippen LogP contribution in [0.5, 0.6) is 5.75 Å². The summed E-state index contributed by atoms with van der Waals surface area (Å²) >= 11 is 0. The summed E-state index contributed by atoms with van der Waals surface area (Å²) in [7, 11) is 0. The van der Waals surface area contributed by atoms with Crippen LogP contribution in [-0.4, -0.2) is 31.6 Å². The van der Waals surface area contributed by atoms with Gasteiger partial charge in [-0.15, -0.1) is 0 Å². The Hall–Kier alpha value is -2.55. The van der Waals surface area contributed by atoms with Crippen molar-refractivity contribution in [2.45, 2.75) is 13.3 Å². The molecule has 0 bridgehead atoms. The highest BCUT2D eigenvalue weighted by atomic mass is 16.6. The van der Waals surface area contributed by atoms with Crippen LogP contribution in [0, 0.1) is 11.3 Å². The minimum atomic E-state index is -0.663. The Balaban J connectivity index is 2.33. The second kappa shape index (κ2) is 8.53. The van der Waals surface area contributed by atoms with Crippen molar-refractivity contribution in [3.05, 3.63) is 29.8 Å². The minimum Gasteiger partial charge on any atom is -0.481 e. The van der Waals surface area contributed by atoms with Gasteiger partial charge < -0.3 is 14.8 Å². The Morgan fingerprint density at radius 1 is 1.30 bits per heavy atom. The molecule has 1 aromatic carbocycles. The van der Waals surface area contributed by atoms with Crippen molar-refractivity contribution in [3.8, 4) is 11.8 Å². The molecule has 20 heavy (non-hydrogen) atoms. The molecular formula is C14H16N2O4. The summed E-state index contributed by atoms with van der Waals surface area (Å²) in [4.78, 5) is 22.6. The quantitative estimate of drug-likeness (QED) is 0.751. The fourth-order valence-corrected chi connectivity index (χ4v) is 1.32. The van der Waals surface area contributed by atoms with Crippen LogP contribution in [0.4, 0.5) is 0 Å². The zero-order valence-electron chi connectivity index (χ0n) is 11.2. The molecule has 0 unspecified atom stereocenters. The van der Waals surface area contributed by atoms with Gasteiger partial charge in [0.1, 0.15) is 11.8 Å². The molecule has 0 aliphatic carbocycles. The van der Waals surface area contributed by atoms with Crippen molar-refractivity contribution >= 4 is 11.9 Å². The molecule has 0 atom stereocenters. The van der Waals surface area contributed by atoms with E-state index >= 15 is 0 Å². The second-order valence-electron chi connectivity index (χ2n) is 3.91. The Morgan fingerprint density at radius 3 is 2.75 bits per heavy atom. The minimum absolute atomic E-state index is 0.308. The van der Waals surface area contributed by atoms with Crippen LogP contribution in [0.3, 0.4) is 0 Å². The van der Waals surface area contributed by atoms with Gasteiger partial charge in [0, 0.05) is 6.54 Å². The fourth-order valence-electron chi connectivity index (χ4n) is 1.32. The van der Waals surface area contributed by atoms with Gasteiger partial charge in [-0.2, -0.15) is 5.26 Å². The molecule has 106 valence electrons. The van der Waals surface area contributed by atoms with Crippen LogP contribution in [-0.2, 0) is 14.3 Å². The number of para-hydroxylation sites is 1. The monoisotopic (exact) mass is 276 g/mol. The predicted molar refractivity (Wildman–Crippen MR) is 70.9 cm³/mol. The molecule has 1 N–H and O–H groups in total. The molecule has 1 rings (SSSR count). The zero-order chi connectivity index (χ0) is 14.8. The lowest BCUT2D eigenvalue weighted by Gasteiger charge is -2.08. The largest absolute Gasteiger partial charge is 0.481 e. The highest BCUT2D eigenvalue weighted by Crippen LogP contribution is 2.16. The van der Waals surface area contributed by atoms with Crippen LogP contribution in [0.15, 0.2) is 24.3 Å². The summed E-state index contributed by atoms with van der Waals surface area (Å²) in [5.41, 5.74) is 0.334. The van der Waals surface area contributed by atoms with E-state index in [1.165, 1.54) is 0 Å². The highest BCUT2D eigenvalue weighted by molar-refractivity contribution is 5.80. The topological polar surface area (TPSA) is 88.4 Å². The van der Waals surface area contributed by atoms with E-state index in [-0.39, 0.29) is 19.1 Å². The van der Waals surface area contributed by atoms with Gasteiger partial charge >= 0.3 is 5.97 Å². The molecule has 0 heterocycles. The van der Waals surface area contributed by atoms with Crippen molar-refractivity contribution in [1.29, 1.82) is 5.26 Å². The van der Waals surface area contributed by atoms with E-state index in [0.717, 1.165) is 6.42 Å². The lowest BCUT2D eigenvalue weighted by Crippen LogP contribution is -2.30. The fraction of sp³-hybridized carbons (Fsp3) is 0.357. The summed E-state index contributed by atoms with van der Waals surface area (Å²) in [6.45, 7) is 1.79. The number of carbonyl (C=O) groups excluding carboxylic acids is 2. The van der Waals surface area contributed by atoms with Gasteiger partial charge in [-0.25, -0.2) is 4.79 Å². The lowest BCUT2D eigenvalue weighted by atomic mass is 10.2. The SMILES string of the molecule is CCCNC(=O)COC(=O)COc1ccccc1C#N. The Labute approximate surface area is 117 Å². The standard InChI is InChI=1S/C14H16N2O4/c1-2-7-16-13(17)9-20-14(18)10-19-12-6-4-3-5-11(12)8-15/h3-6H,2,7,9-10H2,1H3,(H,16,17). The summed E-state index contributed by atoms with van der Waals surface area (Å²) in [6.07, 6.45) is 0.813. The molecule has 0 aromatic heterocycles. The normalized spacial score (nSPS) is 9.40. The number of amides is 1. The molecule has 0 aliphatic rings. The molecule has 0 saturated carbocycles. The van der Waals surface area contributed by atoms with Gasteiger partial charge in [-0.3, -0.25) is 4.79 Å². The molecular weight excluding hydrogens is 260 g/mol. The number of nitrogens with one attached hydrogen (secondary N) is 1. The van der Waals surface area contributed by atoms with Crippen LogP contribution in [0.1, 0.15) is 18.9 Å². The van der Waals surface area contributed by atoms with Gasteiger partial charge in [-0.1, -0.05) is 19.1 Å². The summed E-state index contributed by atoms with van der Waals surface area (Å²) in [5.74, 6) is -0.704. The van der Waals surface area contributed by atoms with E-state index in [1.807, 2.05) is 13.0 Å². The Kier molecular flexibility index (Phi) is 6.62. The van der Waals surface area contributed by atoms with Gasteiger partial charge in [0.05, 0.1) is 5.56 Å². The van der Waals surface area contributed by atoms with Gasteiger partial charge in [0.2, 0.25) is 0 Å². The number of nitrogens with zero attached hydrogens (tertiary/aromatic N) is 1. The van der Waals surface area contributed by atoms with Crippen LogP contribution >= 0.6 is 0 Å². The van der Waals surface area contributed by atoms with Gasteiger partial charge in [0.15, 0.2) is 13.2 Å². The lowest BCUT2D eigenvalue weighted by molar-refractivity contribution is -0.150. The molecule has 0 spiro atoms. The van der Waals surface area contributed by atoms with Gasteiger partial charge in [0.25, 0.3) is 5.91 Å². The third-order valence-corrected chi connectivity index (χ3v) is 2.29. The smallest absolute Gasteiger partial charge is 0.344 e. The van der Waals surface area contributed by atoms with Crippen LogP contribution in [0.2, 0.25) is 0 Å². The first-order valence-corrected chi connectivity index (χ1v) is 6.21. The van der Waals surface area contributed by atoms with Crippen molar-refractivity contribution in [1.82, 2.24) is 5.32 Å². The number of carbonyl (C=O) groups is 2. The summed E-state index contributed by atoms with van der Waals surface area (Å²) < 4.78 is 9.91. The summed E-state index contributed by atoms with van der Waals surface area (Å²) in [5, 5.41) is 11.4. The van der Waals surface area contributed by atoms with Crippen molar-refractivity contribution < 1.29 is 19.1 Å². The number of rotatable bonds is 7. The van der Waals surface area contributed by atoms with Crippen molar-refractivity contribution in [2.75, 3.05) is 19.8 Å². The number of benzene rings is 1. The van der Waals surface area contributed by atoms with E-state index in [1.54, 1.807) is 24.3 Å². The summed E-state index contributed by atoms with van der Waals surface area (Å²) in [6, 6.07) is 8.51. The van der Waals surface area contributed by atoms with E-state index in [0.29, 0.717) is 17.9 Å². The highest BCUT2D eigenvalue weighted by Gasteiger charge is 2.09. The molecule has 1 aromatic rings. The van der Waals surface area contributed by atoms with Crippen molar-refractivity contribution in [2.24, 2.45) is 0 Å². The Morgan fingerprint density at radius 2 is 2.05 bits per heavy atom. The van der Waals surface area contributed by atoms with Crippen LogP contribution in [0.25, 0.3) is 0 Å². The number of hydrogen-bond donors (Lipinski definition) is 1. The predicted octanol–water partition coefficient (Wildman–Crippen LogP) is 1.01. The van der Waals surface area contributed by atoms with Crippen LogP contribution < -0.4 is 10.1 Å². The van der Waals surface area contributed by atoms with E-state index in [4.69, 9.17) is 14.7 Å². The average molecular weight is 276 g/mol. The Bertz CT molecular complexity index is 508. The third-order valence-electron chi connectivity index (χ3n) is 2.29. The molecule has 1 amide bonds. The molecule has 0 aliphatic heterocycles. The maximum atomic E-state index is 11.4. The first-order chi connectivity index (χ1) is 9.67. The molecule has 0 radical (unpaired) electrons. The van der Waals surface area contributed by atoms with Gasteiger partial charge in [-0.05, 0) is 18.6 Å². The number of hydrogen-bond acceptors (Lipinski definition) is 5. The first kappa shape index (κ1) is 15.5. The second-order valence-corrected chi connectivity index (χ2v) is 3.91. The maximum absolute atomic E-state index is 11.4. The molecule has 6 nitrogen and oxygen atoms in total. The average Bonchev–Trinajstić information content (AvgIpc) is 2.48. The van der Waals surface area contributed by atoms with E-state index < -0.39 is 5.97 Å². The zero-order valence-corrected chi connectivity index (χ0v) is 11.2. The number of nitriles is 1. The molecule has 0 saturated heterocycles.